The monoisotopic (exact) mass is 264 g/mol. The Morgan fingerprint density at radius 1 is 0.947 bits per heavy atom. The van der Waals surface area contributed by atoms with Gasteiger partial charge in [-0.05, 0) is 25.5 Å². The average molecular weight is 264 g/mol. The van der Waals surface area contributed by atoms with E-state index >= 15 is 0 Å². The van der Waals surface area contributed by atoms with Gasteiger partial charge in [0.15, 0.2) is 11.5 Å². The maximum atomic E-state index is 11.8. The van der Waals surface area contributed by atoms with E-state index in [1.807, 2.05) is 13.0 Å². The van der Waals surface area contributed by atoms with Crippen LogP contribution in [0.5, 0.6) is 0 Å². The SMILES string of the molecule is CCCCCCCCCCCC(=O)c1ccc(C)o1. The molecule has 0 aliphatic carbocycles. The van der Waals surface area contributed by atoms with E-state index in [1.54, 1.807) is 6.07 Å². The van der Waals surface area contributed by atoms with Gasteiger partial charge in [-0.3, -0.25) is 4.79 Å². The van der Waals surface area contributed by atoms with Crippen LogP contribution in [0.4, 0.5) is 0 Å². The van der Waals surface area contributed by atoms with E-state index in [0.29, 0.717) is 12.2 Å². The van der Waals surface area contributed by atoms with Gasteiger partial charge < -0.3 is 4.42 Å². The second-order valence-corrected chi connectivity index (χ2v) is 5.41. The highest BCUT2D eigenvalue weighted by atomic mass is 16.3. The number of Topliss-reactive ketones (excluding diaryl/α,β-unsaturated/α-hetero) is 1. The Kier molecular flexibility index (Phi) is 8.28. The Labute approximate surface area is 117 Å². The number of ketones is 1. The fourth-order valence-corrected chi connectivity index (χ4v) is 2.30. The van der Waals surface area contributed by atoms with Crippen molar-refractivity contribution in [1.82, 2.24) is 0 Å². The Morgan fingerprint density at radius 3 is 2.05 bits per heavy atom. The first kappa shape index (κ1) is 16.0. The van der Waals surface area contributed by atoms with Gasteiger partial charge in [-0.1, -0.05) is 58.3 Å². The molecule has 0 amide bonds. The molecule has 0 spiro atoms. The molecule has 1 heterocycles. The van der Waals surface area contributed by atoms with Crippen LogP contribution >= 0.6 is 0 Å². The van der Waals surface area contributed by atoms with Crippen LogP contribution in [0.15, 0.2) is 16.5 Å². The second kappa shape index (κ2) is 9.82. The number of furan rings is 1. The lowest BCUT2D eigenvalue weighted by atomic mass is 10.1. The molecule has 0 radical (unpaired) electrons. The first-order chi connectivity index (χ1) is 9.24. The maximum Gasteiger partial charge on any atom is 0.197 e. The zero-order valence-corrected chi connectivity index (χ0v) is 12.5. The van der Waals surface area contributed by atoms with Gasteiger partial charge in [0.05, 0.1) is 0 Å². The van der Waals surface area contributed by atoms with Crippen molar-refractivity contribution in [3.8, 4) is 0 Å². The van der Waals surface area contributed by atoms with E-state index in [4.69, 9.17) is 4.42 Å². The smallest absolute Gasteiger partial charge is 0.197 e. The van der Waals surface area contributed by atoms with Crippen LogP contribution in [0.3, 0.4) is 0 Å². The van der Waals surface area contributed by atoms with Gasteiger partial charge in [-0.15, -0.1) is 0 Å². The summed E-state index contributed by atoms with van der Waals surface area (Å²) in [5.74, 6) is 1.49. The Balaban J connectivity index is 1.95. The number of aryl methyl sites for hydroxylation is 1. The molecule has 0 bridgehead atoms. The van der Waals surface area contributed by atoms with Gasteiger partial charge in [-0.25, -0.2) is 0 Å². The van der Waals surface area contributed by atoms with E-state index in [9.17, 15) is 4.79 Å². The molecule has 108 valence electrons. The summed E-state index contributed by atoms with van der Waals surface area (Å²) in [7, 11) is 0. The molecule has 0 aromatic carbocycles. The quantitative estimate of drug-likeness (QED) is 0.379. The van der Waals surface area contributed by atoms with Gasteiger partial charge in [0.1, 0.15) is 5.76 Å². The minimum atomic E-state index is 0.149. The molecule has 2 nitrogen and oxygen atoms in total. The maximum absolute atomic E-state index is 11.8. The van der Waals surface area contributed by atoms with E-state index in [-0.39, 0.29) is 5.78 Å². The predicted molar refractivity (Wildman–Crippen MR) is 79.6 cm³/mol. The van der Waals surface area contributed by atoms with Crippen molar-refractivity contribution in [3.63, 3.8) is 0 Å². The van der Waals surface area contributed by atoms with Crippen molar-refractivity contribution in [1.29, 1.82) is 0 Å². The fraction of sp³-hybridized carbons (Fsp3) is 0.706. The second-order valence-electron chi connectivity index (χ2n) is 5.41. The van der Waals surface area contributed by atoms with Gasteiger partial charge in [0, 0.05) is 6.42 Å². The summed E-state index contributed by atoms with van der Waals surface area (Å²) < 4.78 is 5.33. The number of carbonyl (C=O) groups is 1. The third-order valence-electron chi connectivity index (χ3n) is 3.52. The first-order valence-corrected chi connectivity index (χ1v) is 7.83. The normalized spacial score (nSPS) is 10.8. The summed E-state index contributed by atoms with van der Waals surface area (Å²) in [6.45, 7) is 4.12. The zero-order valence-electron chi connectivity index (χ0n) is 12.5. The van der Waals surface area contributed by atoms with Crippen LogP contribution in [0, 0.1) is 6.92 Å². The van der Waals surface area contributed by atoms with Gasteiger partial charge in [0.25, 0.3) is 0 Å². The summed E-state index contributed by atoms with van der Waals surface area (Å²) in [4.78, 5) is 11.8. The van der Waals surface area contributed by atoms with Crippen molar-refractivity contribution in [3.05, 3.63) is 23.7 Å². The van der Waals surface area contributed by atoms with E-state index in [2.05, 4.69) is 6.92 Å². The number of hydrogen-bond acceptors (Lipinski definition) is 2. The van der Waals surface area contributed by atoms with Crippen LogP contribution in [0.25, 0.3) is 0 Å². The Morgan fingerprint density at radius 2 is 1.53 bits per heavy atom. The summed E-state index contributed by atoms with van der Waals surface area (Å²) in [5.41, 5.74) is 0. The van der Waals surface area contributed by atoms with Crippen molar-refractivity contribution < 1.29 is 9.21 Å². The number of unbranched alkanes of at least 4 members (excludes halogenated alkanes) is 8. The van der Waals surface area contributed by atoms with Gasteiger partial charge >= 0.3 is 0 Å². The number of hydrogen-bond donors (Lipinski definition) is 0. The largest absolute Gasteiger partial charge is 0.458 e. The topological polar surface area (TPSA) is 30.2 Å². The van der Waals surface area contributed by atoms with Crippen molar-refractivity contribution in [2.45, 2.75) is 78.1 Å². The molecule has 0 unspecified atom stereocenters. The third kappa shape index (κ3) is 7.19. The Bertz CT molecular complexity index is 352. The van der Waals surface area contributed by atoms with E-state index in [0.717, 1.165) is 12.2 Å². The molecule has 1 aromatic heterocycles. The first-order valence-electron chi connectivity index (χ1n) is 7.83. The molecule has 0 N–H and O–H groups in total. The number of rotatable bonds is 11. The van der Waals surface area contributed by atoms with Crippen molar-refractivity contribution in [2.24, 2.45) is 0 Å². The lowest BCUT2D eigenvalue weighted by Gasteiger charge is -2.01. The average Bonchev–Trinajstić information content (AvgIpc) is 2.83. The molecule has 0 saturated carbocycles. The highest BCUT2D eigenvalue weighted by Gasteiger charge is 2.08. The van der Waals surface area contributed by atoms with Crippen LogP contribution in [-0.4, -0.2) is 5.78 Å². The van der Waals surface area contributed by atoms with Crippen LogP contribution in [-0.2, 0) is 0 Å². The highest BCUT2D eigenvalue weighted by molar-refractivity contribution is 5.93. The molecule has 1 rings (SSSR count). The van der Waals surface area contributed by atoms with Gasteiger partial charge in [-0.2, -0.15) is 0 Å². The minimum Gasteiger partial charge on any atom is -0.458 e. The number of carbonyl (C=O) groups excluding carboxylic acids is 1. The molecule has 19 heavy (non-hydrogen) atoms. The molecule has 2 heteroatoms. The minimum absolute atomic E-state index is 0.149. The Hall–Kier alpha value is -1.05. The molecule has 0 saturated heterocycles. The van der Waals surface area contributed by atoms with Crippen LogP contribution < -0.4 is 0 Å². The summed E-state index contributed by atoms with van der Waals surface area (Å²) >= 11 is 0. The van der Waals surface area contributed by atoms with Crippen molar-refractivity contribution in [2.75, 3.05) is 0 Å². The van der Waals surface area contributed by atoms with Crippen LogP contribution in [0.2, 0.25) is 0 Å². The fourth-order valence-electron chi connectivity index (χ4n) is 2.30. The zero-order chi connectivity index (χ0) is 13.9. The van der Waals surface area contributed by atoms with Crippen LogP contribution in [0.1, 0.15) is 87.4 Å². The lowest BCUT2D eigenvalue weighted by molar-refractivity contribution is 0.0951. The standard InChI is InChI=1S/C17H28O2/c1-3-4-5-6-7-8-9-10-11-12-16(18)17-14-13-15(2)19-17/h13-14H,3-12H2,1-2H3. The molecule has 1 aromatic rings. The molecule has 0 aliphatic rings. The van der Waals surface area contributed by atoms with E-state index < -0.39 is 0 Å². The van der Waals surface area contributed by atoms with E-state index in [1.165, 1.54) is 51.4 Å². The molecular weight excluding hydrogens is 236 g/mol. The highest BCUT2D eigenvalue weighted by Crippen LogP contribution is 2.14. The lowest BCUT2D eigenvalue weighted by Crippen LogP contribution is -1.96. The molecule has 0 atom stereocenters. The van der Waals surface area contributed by atoms with Gasteiger partial charge in [0.2, 0.25) is 0 Å². The van der Waals surface area contributed by atoms with Crippen molar-refractivity contribution >= 4 is 5.78 Å². The third-order valence-corrected chi connectivity index (χ3v) is 3.52. The summed E-state index contributed by atoms with van der Waals surface area (Å²) in [5, 5.41) is 0. The molecular formula is C17H28O2. The summed E-state index contributed by atoms with van der Waals surface area (Å²) in [6, 6.07) is 3.63. The predicted octanol–water partition coefficient (Wildman–Crippen LogP) is 5.69. The molecule has 0 fully saturated rings. The molecule has 0 aliphatic heterocycles. The summed E-state index contributed by atoms with van der Waals surface area (Å²) in [6.07, 6.45) is 12.2.